The zero-order valence-corrected chi connectivity index (χ0v) is 13.3. The Morgan fingerprint density at radius 2 is 2.11 bits per heavy atom. The van der Waals surface area contributed by atoms with Gasteiger partial charge in [0.2, 0.25) is 0 Å². The quantitative estimate of drug-likeness (QED) is 0.850. The van der Waals surface area contributed by atoms with Gasteiger partial charge >= 0.3 is 0 Å². The van der Waals surface area contributed by atoms with E-state index in [1.165, 1.54) is 17.7 Å². The van der Waals surface area contributed by atoms with E-state index >= 15 is 0 Å². The molecule has 1 heterocycles. The van der Waals surface area contributed by atoms with Gasteiger partial charge in [-0.2, -0.15) is 0 Å². The van der Waals surface area contributed by atoms with Gasteiger partial charge in [0, 0.05) is 34.8 Å². The van der Waals surface area contributed by atoms with Crippen molar-refractivity contribution in [1.82, 2.24) is 5.32 Å². The van der Waals surface area contributed by atoms with Gasteiger partial charge in [-0.1, -0.05) is 15.9 Å². The van der Waals surface area contributed by atoms with Crippen molar-refractivity contribution in [1.29, 1.82) is 0 Å². The van der Waals surface area contributed by atoms with Crippen LogP contribution in [-0.2, 0) is 0 Å². The van der Waals surface area contributed by atoms with Crippen LogP contribution >= 0.6 is 15.9 Å². The molecule has 3 heteroatoms. The van der Waals surface area contributed by atoms with Gasteiger partial charge in [0.25, 0.3) is 0 Å². The van der Waals surface area contributed by atoms with Gasteiger partial charge in [-0.05, 0) is 57.9 Å². The van der Waals surface area contributed by atoms with Crippen LogP contribution in [0.5, 0.6) is 0 Å². The van der Waals surface area contributed by atoms with Gasteiger partial charge in [-0.25, -0.2) is 0 Å². The van der Waals surface area contributed by atoms with E-state index in [2.05, 4.69) is 72.0 Å². The van der Waals surface area contributed by atoms with E-state index in [1.54, 1.807) is 0 Å². The van der Waals surface area contributed by atoms with Crippen molar-refractivity contribution in [3.05, 3.63) is 28.2 Å². The van der Waals surface area contributed by atoms with E-state index in [0.717, 1.165) is 17.6 Å². The summed E-state index contributed by atoms with van der Waals surface area (Å²) >= 11 is 3.54. The fourth-order valence-corrected chi connectivity index (χ4v) is 3.35. The highest BCUT2D eigenvalue weighted by atomic mass is 79.9. The predicted octanol–water partition coefficient (Wildman–Crippen LogP) is 3.72. The first-order valence-electron chi connectivity index (χ1n) is 6.66. The molecular weight excluding hydrogens is 288 g/mol. The first-order chi connectivity index (χ1) is 8.37. The average molecular weight is 311 g/mol. The normalized spacial score (nSPS) is 23.8. The van der Waals surface area contributed by atoms with E-state index in [1.807, 2.05) is 0 Å². The monoisotopic (exact) mass is 310 g/mol. The summed E-state index contributed by atoms with van der Waals surface area (Å²) in [5, 5.41) is 3.70. The third-order valence-electron chi connectivity index (χ3n) is 3.55. The van der Waals surface area contributed by atoms with Crippen LogP contribution in [0, 0.1) is 6.92 Å². The molecule has 0 aliphatic carbocycles. The largest absolute Gasteiger partial charge is 0.369 e. The summed E-state index contributed by atoms with van der Waals surface area (Å²) in [7, 11) is 0. The first kappa shape index (κ1) is 13.9. The Hall–Kier alpha value is -0.540. The molecule has 1 aliphatic rings. The number of hydrogen-bond acceptors (Lipinski definition) is 2. The van der Waals surface area contributed by atoms with Crippen molar-refractivity contribution >= 4 is 21.6 Å². The molecule has 2 rings (SSSR count). The summed E-state index contributed by atoms with van der Waals surface area (Å²) in [5.74, 6) is 0. The lowest BCUT2D eigenvalue weighted by Gasteiger charge is -2.33. The van der Waals surface area contributed by atoms with Crippen LogP contribution in [0.2, 0.25) is 0 Å². The van der Waals surface area contributed by atoms with Crippen molar-refractivity contribution in [2.24, 2.45) is 0 Å². The molecule has 0 aromatic heterocycles. The SMILES string of the molecule is Cc1cc(Br)ccc1N1CCC(C)NC(C)(C)C1. The highest BCUT2D eigenvalue weighted by Gasteiger charge is 2.27. The molecule has 18 heavy (non-hydrogen) atoms. The van der Waals surface area contributed by atoms with Crippen LogP contribution in [0.15, 0.2) is 22.7 Å². The van der Waals surface area contributed by atoms with Crippen LogP contribution < -0.4 is 10.2 Å². The maximum atomic E-state index is 3.70. The third-order valence-corrected chi connectivity index (χ3v) is 4.05. The van der Waals surface area contributed by atoms with Crippen molar-refractivity contribution in [3.63, 3.8) is 0 Å². The minimum absolute atomic E-state index is 0.162. The number of aryl methyl sites for hydroxylation is 1. The molecular formula is C15H23BrN2. The number of nitrogens with one attached hydrogen (secondary N) is 1. The lowest BCUT2D eigenvalue weighted by atomic mass is 10.0. The molecule has 1 atom stereocenters. The van der Waals surface area contributed by atoms with Gasteiger partial charge in [0.15, 0.2) is 0 Å². The standard InChI is InChI=1S/C15H23BrN2/c1-11-9-13(16)5-6-14(11)18-8-7-12(2)17-15(3,4)10-18/h5-6,9,12,17H,7-8,10H2,1-4H3. The van der Waals surface area contributed by atoms with Gasteiger partial charge in [0.05, 0.1) is 0 Å². The number of nitrogens with zero attached hydrogens (tertiary/aromatic N) is 1. The topological polar surface area (TPSA) is 15.3 Å². The maximum absolute atomic E-state index is 3.70. The Morgan fingerprint density at radius 3 is 2.78 bits per heavy atom. The zero-order valence-electron chi connectivity index (χ0n) is 11.8. The first-order valence-corrected chi connectivity index (χ1v) is 7.45. The molecule has 1 aromatic carbocycles. The van der Waals surface area contributed by atoms with Crippen molar-refractivity contribution in [2.75, 3.05) is 18.0 Å². The summed E-state index contributed by atoms with van der Waals surface area (Å²) < 4.78 is 1.16. The third kappa shape index (κ3) is 3.27. The summed E-state index contributed by atoms with van der Waals surface area (Å²) in [4.78, 5) is 2.51. The van der Waals surface area contributed by atoms with E-state index in [4.69, 9.17) is 0 Å². The Bertz CT molecular complexity index is 429. The number of benzene rings is 1. The second-order valence-corrected chi connectivity index (χ2v) is 6.99. The van der Waals surface area contributed by atoms with Gasteiger partial charge in [-0.15, -0.1) is 0 Å². The molecule has 1 N–H and O–H groups in total. The number of halogens is 1. The molecule has 100 valence electrons. The Balaban J connectivity index is 2.26. The van der Waals surface area contributed by atoms with Crippen LogP contribution in [-0.4, -0.2) is 24.7 Å². The summed E-state index contributed by atoms with van der Waals surface area (Å²) in [5.41, 5.74) is 2.87. The minimum Gasteiger partial charge on any atom is -0.369 e. The predicted molar refractivity (Wildman–Crippen MR) is 82.4 cm³/mol. The molecule has 0 amide bonds. The van der Waals surface area contributed by atoms with Gasteiger partial charge in [0.1, 0.15) is 0 Å². The molecule has 1 fully saturated rings. The maximum Gasteiger partial charge on any atom is 0.0397 e. The summed E-state index contributed by atoms with van der Waals surface area (Å²) in [6.45, 7) is 11.2. The Morgan fingerprint density at radius 1 is 1.39 bits per heavy atom. The highest BCUT2D eigenvalue weighted by molar-refractivity contribution is 9.10. The molecule has 2 nitrogen and oxygen atoms in total. The van der Waals surface area contributed by atoms with Crippen LogP contribution in [0.25, 0.3) is 0 Å². The molecule has 0 bridgehead atoms. The number of hydrogen-bond donors (Lipinski definition) is 1. The Labute approximate surface area is 119 Å². The van der Waals surface area contributed by atoms with E-state index in [-0.39, 0.29) is 5.54 Å². The molecule has 1 aliphatic heterocycles. The molecule has 1 unspecified atom stereocenters. The number of anilines is 1. The van der Waals surface area contributed by atoms with E-state index in [9.17, 15) is 0 Å². The highest BCUT2D eigenvalue weighted by Crippen LogP contribution is 2.27. The second kappa shape index (κ2) is 5.22. The fourth-order valence-electron chi connectivity index (χ4n) is 2.87. The average Bonchev–Trinajstić information content (AvgIpc) is 2.36. The zero-order chi connectivity index (χ0) is 13.3. The molecule has 0 spiro atoms. The van der Waals surface area contributed by atoms with Crippen molar-refractivity contribution < 1.29 is 0 Å². The minimum atomic E-state index is 0.162. The van der Waals surface area contributed by atoms with Crippen LogP contribution in [0.3, 0.4) is 0 Å². The molecule has 0 saturated carbocycles. The number of rotatable bonds is 1. The second-order valence-electron chi connectivity index (χ2n) is 6.07. The van der Waals surface area contributed by atoms with Gasteiger partial charge < -0.3 is 10.2 Å². The lowest BCUT2D eigenvalue weighted by molar-refractivity contribution is 0.368. The molecule has 1 saturated heterocycles. The van der Waals surface area contributed by atoms with Crippen molar-refractivity contribution in [2.45, 2.75) is 45.7 Å². The molecule has 0 radical (unpaired) electrons. The van der Waals surface area contributed by atoms with Gasteiger partial charge in [-0.3, -0.25) is 0 Å². The van der Waals surface area contributed by atoms with E-state index in [0.29, 0.717) is 6.04 Å². The fraction of sp³-hybridized carbons (Fsp3) is 0.600. The lowest BCUT2D eigenvalue weighted by Crippen LogP contribution is -2.48. The van der Waals surface area contributed by atoms with E-state index < -0.39 is 0 Å². The Kier molecular flexibility index (Phi) is 4.02. The van der Waals surface area contributed by atoms with Crippen molar-refractivity contribution in [3.8, 4) is 0 Å². The van der Waals surface area contributed by atoms with Crippen LogP contribution in [0.1, 0.15) is 32.8 Å². The van der Waals surface area contributed by atoms with Crippen LogP contribution in [0.4, 0.5) is 5.69 Å². The molecule has 1 aromatic rings. The summed E-state index contributed by atoms with van der Waals surface area (Å²) in [6, 6.07) is 7.15. The summed E-state index contributed by atoms with van der Waals surface area (Å²) in [6.07, 6.45) is 1.19. The smallest absolute Gasteiger partial charge is 0.0397 e.